The van der Waals surface area contributed by atoms with Gasteiger partial charge in [-0.25, -0.2) is 4.39 Å². The van der Waals surface area contributed by atoms with Crippen LogP contribution in [0.3, 0.4) is 0 Å². The second-order valence-corrected chi connectivity index (χ2v) is 5.03. The van der Waals surface area contributed by atoms with E-state index in [9.17, 15) is 4.39 Å². The van der Waals surface area contributed by atoms with E-state index in [4.69, 9.17) is 4.84 Å². The van der Waals surface area contributed by atoms with Crippen LogP contribution in [0.2, 0.25) is 0 Å². The van der Waals surface area contributed by atoms with E-state index in [1.807, 2.05) is 33.8 Å². The second kappa shape index (κ2) is 5.41. The Hall–Kier alpha value is -0.930. The lowest BCUT2D eigenvalue weighted by Crippen LogP contribution is -2.36. The molecule has 0 spiro atoms. The fraction of sp³-hybridized carbons (Fsp3) is 0.538. The van der Waals surface area contributed by atoms with Gasteiger partial charge < -0.3 is 0 Å². The van der Waals surface area contributed by atoms with Crippen LogP contribution in [-0.2, 0) is 11.3 Å². The maximum atomic E-state index is 13.4. The Balaban J connectivity index is 2.46. The summed E-state index contributed by atoms with van der Waals surface area (Å²) in [7, 11) is 0. The van der Waals surface area contributed by atoms with Gasteiger partial charge in [-0.3, -0.25) is 4.84 Å². The predicted molar refractivity (Wildman–Crippen MR) is 63.5 cm³/mol. The number of nitrogens with one attached hydrogen (secondary N) is 1. The molecule has 0 aliphatic carbocycles. The molecular formula is C13H20FNO. The molecule has 0 aliphatic heterocycles. The Labute approximate surface area is 96.8 Å². The van der Waals surface area contributed by atoms with Gasteiger partial charge in [-0.2, -0.15) is 5.48 Å². The van der Waals surface area contributed by atoms with Crippen molar-refractivity contribution in [3.63, 3.8) is 0 Å². The van der Waals surface area contributed by atoms with Crippen LogP contribution < -0.4 is 5.48 Å². The fourth-order valence-electron chi connectivity index (χ4n) is 1.31. The highest BCUT2D eigenvalue weighted by Gasteiger charge is 2.13. The third-order valence-corrected chi connectivity index (χ3v) is 2.05. The van der Waals surface area contributed by atoms with Gasteiger partial charge in [-0.1, -0.05) is 18.2 Å². The van der Waals surface area contributed by atoms with Gasteiger partial charge >= 0.3 is 0 Å². The molecule has 2 nitrogen and oxygen atoms in total. The number of benzene rings is 1. The lowest BCUT2D eigenvalue weighted by Gasteiger charge is -2.23. The van der Waals surface area contributed by atoms with E-state index in [2.05, 4.69) is 5.48 Å². The molecule has 90 valence electrons. The van der Waals surface area contributed by atoms with Crippen LogP contribution in [-0.4, -0.2) is 11.6 Å². The predicted octanol–water partition coefficient (Wildman–Crippen LogP) is 3.08. The highest BCUT2D eigenvalue weighted by molar-refractivity contribution is 5.18. The van der Waals surface area contributed by atoms with Gasteiger partial charge in [-0.05, 0) is 45.7 Å². The first-order chi connectivity index (χ1) is 7.38. The van der Waals surface area contributed by atoms with Gasteiger partial charge in [0.25, 0.3) is 0 Å². The van der Waals surface area contributed by atoms with Crippen molar-refractivity contribution in [1.82, 2.24) is 5.48 Å². The number of hydroxylamine groups is 1. The highest BCUT2D eigenvalue weighted by atomic mass is 19.1. The zero-order chi connectivity index (χ0) is 12.2. The van der Waals surface area contributed by atoms with Crippen molar-refractivity contribution in [2.75, 3.05) is 0 Å². The summed E-state index contributed by atoms with van der Waals surface area (Å²) in [5, 5.41) is 0. The van der Waals surface area contributed by atoms with E-state index < -0.39 is 0 Å². The maximum Gasteiger partial charge on any atom is 0.126 e. The Morgan fingerprint density at radius 2 is 1.94 bits per heavy atom. The number of rotatable bonds is 4. The summed E-state index contributed by atoms with van der Waals surface area (Å²) in [6.45, 7) is 7.87. The Morgan fingerprint density at radius 1 is 1.31 bits per heavy atom. The molecule has 1 aromatic rings. The molecule has 0 bridgehead atoms. The summed E-state index contributed by atoms with van der Waals surface area (Å²) >= 11 is 0. The first-order valence-electron chi connectivity index (χ1n) is 5.55. The zero-order valence-corrected chi connectivity index (χ0v) is 10.4. The molecular weight excluding hydrogens is 205 g/mol. The Kier molecular flexibility index (Phi) is 4.44. The molecule has 1 N–H and O–H groups in total. The largest absolute Gasteiger partial charge is 0.296 e. The molecule has 1 unspecified atom stereocenters. The third-order valence-electron chi connectivity index (χ3n) is 2.05. The molecule has 0 amide bonds. The minimum atomic E-state index is -0.233. The average Bonchev–Trinajstić information content (AvgIpc) is 2.18. The molecule has 0 saturated heterocycles. The normalized spacial score (nSPS) is 13.8. The van der Waals surface area contributed by atoms with E-state index in [1.165, 1.54) is 6.07 Å². The van der Waals surface area contributed by atoms with E-state index >= 15 is 0 Å². The van der Waals surface area contributed by atoms with Crippen LogP contribution >= 0.6 is 0 Å². The van der Waals surface area contributed by atoms with E-state index in [0.29, 0.717) is 12.0 Å². The molecule has 1 atom stereocenters. The van der Waals surface area contributed by atoms with Crippen molar-refractivity contribution in [3.05, 3.63) is 35.6 Å². The molecule has 0 fully saturated rings. The summed E-state index contributed by atoms with van der Waals surface area (Å²) in [6.07, 6.45) is 0.614. The van der Waals surface area contributed by atoms with Gasteiger partial charge in [-0.15, -0.1) is 0 Å². The third kappa shape index (κ3) is 4.73. The summed E-state index contributed by atoms with van der Waals surface area (Å²) in [5.74, 6) is -0.160. The van der Waals surface area contributed by atoms with Crippen molar-refractivity contribution in [2.45, 2.75) is 45.8 Å². The van der Waals surface area contributed by atoms with Crippen LogP contribution in [0.4, 0.5) is 4.39 Å². The summed E-state index contributed by atoms with van der Waals surface area (Å²) in [6, 6.07) is 6.89. The van der Waals surface area contributed by atoms with Gasteiger partial charge in [0.05, 0.1) is 5.60 Å². The zero-order valence-electron chi connectivity index (χ0n) is 10.4. The average molecular weight is 225 g/mol. The fourth-order valence-corrected chi connectivity index (χ4v) is 1.31. The number of hydrogen-bond acceptors (Lipinski definition) is 2. The van der Waals surface area contributed by atoms with Crippen LogP contribution in [0.1, 0.15) is 33.3 Å². The SMILES string of the molecule is CC(Cc1ccccc1F)NOC(C)(C)C. The standard InChI is InChI=1S/C13H20FNO/c1-10(15-16-13(2,3)4)9-11-7-5-6-8-12(11)14/h5-8,10,15H,9H2,1-4H3. The van der Waals surface area contributed by atoms with E-state index in [-0.39, 0.29) is 17.5 Å². The lowest BCUT2D eigenvalue weighted by atomic mass is 10.1. The molecule has 0 heterocycles. The van der Waals surface area contributed by atoms with Crippen molar-refractivity contribution < 1.29 is 9.23 Å². The lowest BCUT2D eigenvalue weighted by molar-refractivity contribution is -0.0858. The van der Waals surface area contributed by atoms with Crippen molar-refractivity contribution in [1.29, 1.82) is 0 Å². The molecule has 3 heteroatoms. The molecule has 0 aromatic heterocycles. The monoisotopic (exact) mass is 225 g/mol. The smallest absolute Gasteiger partial charge is 0.126 e. The maximum absolute atomic E-state index is 13.4. The van der Waals surface area contributed by atoms with Gasteiger partial charge in [0.2, 0.25) is 0 Å². The second-order valence-electron chi connectivity index (χ2n) is 5.03. The van der Waals surface area contributed by atoms with Crippen LogP contribution in [0.15, 0.2) is 24.3 Å². The van der Waals surface area contributed by atoms with Crippen LogP contribution in [0.25, 0.3) is 0 Å². The summed E-state index contributed by atoms with van der Waals surface area (Å²) < 4.78 is 13.4. The highest BCUT2D eigenvalue weighted by Crippen LogP contribution is 2.10. The Morgan fingerprint density at radius 3 is 2.50 bits per heavy atom. The van der Waals surface area contributed by atoms with Crippen LogP contribution in [0, 0.1) is 5.82 Å². The quantitative estimate of drug-likeness (QED) is 0.795. The number of hydrogen-bond donors (Lipinski definition) is 1. The Bertz CT molecular complexity index is 333. The van der Waals surface area contributed by atoms with Crippen molar-refractivity contribution in [2.24, 2.45) is 0 Å². The molecule has 16 heavy (non-hydrogen) atoms. The van der Waals surface area contributed by atoms with Crippen molar-refractivity contribution >= 4 is 0 Å². The number of halogens is 1. The van der Waals surface area contributed by atoms with Crippen molar-refractivity contribution in [3.8, 4) is 0 Å². The van der Waals surface area contributed by atoms with Gasteiger partial charge in [0.15, 0.2) is 0 Å². The summed E-state index contributed by atoms with van der Waals surface area (Å²) in [5.41, 5.74) is 3.41. The molecule has 0 saturated carbocycles. The molecule has 0 aliphatic rings. The first-order valence-corrected chi connectivity index (χ1v) is 5.55. The summed E-state index contributed by atoms with van der Waals surface area (Å²) in [4.78, 5) is 5.43. The van der Waals surface area contributed by atoms with E-state index in [1.54, 1.807) is 12.1 Å². The first kappa shape index (κ1) is 13.1. The molecule has 1 rings (SSSR count). The van der Waals surface area contributed by atoms with E-state index in [0.717, 1.165) is 0 Å². The van der Waals surface area contributed by atoms with Gasteiger partial charge in [0, 0.05) is 6.04 Å². The molecule has 1 aromatic carbocycles. The molecule has 0 radical (unpaired) electrons. The minimum absolute atomic E-state index is 0.0797. The topological polar surface area (TPSA) is 21.3 Å². The van der Waals surface area contributed by atoms with Gasteiger partial charge in [0.1, 0.15) is 5.82 Å². The minimum Gasteiger partial charge on any atom is -0.296 e. The van der Waals surface area contributed by atoms with Crippen LogP contribution in [0.5, 0.6) is 0 Å².